The highest BCUT2D eigenvalue weighted by atomic mass is 35.5. The highest BCUT2D eigenvalue weighted by molar-refractivity contribution is 6.36. The topological polar surface area (TPSA) is 38.3 Å². The van der Waals surface area contributed by atoms with Gasteiger partial charge in [-0.25, -0.2) is 0 Å². The van der Waals surface area contributed by atoms with Crippen LogP contribution in [0.25, 0.3) is 0 Å². The fourth-order valence-corrected chi connectivity index (χ4v) is 1.65. The van der Waals surface area contributed by atoms with Gasteiger partial charge in [-0.05, 0) is 13.0 Å². The summed E-state index contributed by atoms with van der Waals surface area (Å²) in [6.45, 7) is 2.09. The molecule has 0 radical (unpaired) electrons. The minimum absolute atomic E-state index is 0.128. The van der Waals surface area contributed by atoms with Crippen LogP contribution in [0.5, 0.6) is 5.75 Å². The standard InChI is InChI=1S/C11H13Cl2NO2/c1-7(15)3-4-14-10-5-9(13)11(16-2)6-8(10)12/h5-6,14H,3-4H2,1-2H3. The van der Waals surface area contributed by atoms with E-state index in [-0.39, 0.29) is 5.78 Å². The number of Topliss-reactive ketones (excluding diaryl/α,β-unsaturated/α-hetero) is 1. The summed E-state index contributed by atoms with van der Waals surface area (Å²) in [5, 5.41) is 4.05. The van der Waals surface area contributed by atoms with E-state index in [0.717, 1.165) is 0 Å². The van der Waals surface area contributed by atoms with E-state index in [2.05, 4.69) is 5.32 Å². The van der Waals surface area contributed by atoms with Crippen LogP contribution in [-0.4, -0.2) is 19.4 Å². The molecule has 0 aliphatic rings. The molecular weight excluding hydrogens is 249 g/mol. The molecule has 16 heavy (non-hydrogen) atoms. The molecule has 1 rings (SSSR count). The Hall–Kier alpha value is -0.930. The fraction of sp³-hybridized carbons (Fsp3) is 0.364. The summed E-state index contributed by atoms with van der Waals surface area (Å²) < 4.78 is 5.03. The van der Waals surface area contributed by atoms with E-state index in [4.69, 9.17) is 27.9 Å². The zero-order valence-corrected chi connectivity index (χ0v) is 10.7. The molecule has 88 valence electrons. The van der Waals surface area contributed by atoms with Gasteiger partial charge in [-0.3, -0.25) is 4.79 Å². The van der Waals surface area contributed by atoms with Gasteiger partial charge in [0.05, 0.1) is 22.8 Å². The summed E-state index contributed by atoms with van der Waals surface area (Å²) in [7, 11) is 1.53. The molecule has 0 saturated heterocycles. The molecule has 0 aliphatic heterocycles. The van der Waals surface area contributed by atoms with Gasteiger partial charge in [-0.15, -0.1) is 0 Å². The highest BCUT2D eigenvalue weighted by Crippen LogP contribution is 2.33. The van der Waals surface area contributed by atoms with Crippen LogP contribution in [0, 0.1) is 0 Å². The van der Waals surface area contributed by atoms with Crippen LogP contribution in [-0.2, 0) is 4.79 Å². The quantitative estimate of drug-likeness (QED) is 0.883. The molecular formula is C11H13Cl2NO2. The van der Waals surface area contributed by atoms with Gasteiger partial charge in [-0.2, -0.15) is 0 Å². The van der Waals surface area contributed by atoms with Crippen LogP contribution in [0.2, 0.25) is 10.0 Å². The third kappa shape index (κ3) is 3.58. The monoisotopic (exact) mass is 261 g/mol. The first kappa shape index (κ1) is 13.1. The molecule has 0 heterocycles. The lowest BCUT2D eigenvalue weighted by atomic mass is 10.2. The van der Waals surface area contributed by atoms with Crippen molar-refractivity contribution >= 4 is 34.7 Å². The molecule has 1 N–H and O–H groups in total. The number of hydrogen-bond acceptors (Lipinski definition) is 3. The summed E-state index contributed by atoms with van der Waals surface area (Å²) in [6.07, 6.45) is 0.458. The van der Waals surface area contributed by atoms with Gasteiger partial charge < -0.3 is 10.1 Å². The molecule has 0 aliphatic carbocycles. The lowest BCUT2D eigenvalue weighted by Gasteiger charge is -2.10. The smallest absolute Gasteiger partial charge is 0.139 e. The van der Waals surface area contributed by atoms with Crippen LogP contribution in [0.3, 0.4) is 0 Å². The molecule has 5 heteroatoms. The van der Waals surface area contributed by atoms with Gasteiger partial charge in [0, 0.05) is 19.0 Å². The van der Waals surface area contributed by atoms with Crippen LogP contribution >= 0.6 is 23.2 Å². The summed E-state index contributed by atoms with van der Waals surface area (Å²) in [6, 6.07) is 3.32. The van der Waals surface area contributed by atoms with Gasteiger partial charge in [-0.1, -0.05) is 23.2 Å². The Labute approximate surface area is 105 Å². The number of ether oxygens (including phenoxy) is 1. The normalized spacial score (nSPS) is 10.0. The highest BCUT2D eigenvalue weighted by Gasteiger charge is 2.07. The van der Waals surface area contributed by atoms with Crippen molar-refractivity contribution in [3.63, 3.8) is 0 Å². The van der Waals surface area contributed by atoms with Crippen molar-refractivity contribution in [3.05, 3.63) is 22.2 Å². The number of rotatable bonds is 5. The van der Waals surface area contributed by atoms with E-state index < -0.39 is 0 Å². The van der Waals surface area contributed by atoms with Crippen LogP contribution in [0.1, 0.15) is 13.3 Å². The maximum absolute atomic E-state index is 10.8. The molecule has 3 nitrogen and oxygen atoms in total. The van der Waals surface area contributed by atoms with Crippen molar-refractivity contribution < 1.29 is 9.53 Å². The Morgan fingerprint density at radius 3 is 2.62 bits per heavy atom. The maximum Gasteiger partial charge on any atom is 0.139 e. The summed E-state index contributed by atoms with van der Waals surface area (Å²) in [5.41, 5.74) is 0.703. The van der Waals surface area contributed by atoms with Crippen LogP contribution in [0.4, 0.5) is 5.69 Å². The van der Waals surface area contributed by atoms with Gasteiger partial charge in [0.2, 0.25) is 0 Å². The molecule has 1 aromatic carbocycles. The predicted molar refractivity (Wildman–Crippen MR) is 66.8 cm³/mol. The fourth-order valence-electron chi connectivity index (χ4n) is 1.19. The molecule has 0 bridgehead atoms. The van der Waals surface area contributed by atoms with Crippen molar-refractivity contribution in [2.24, 2.45) is 0 Å². The van der Waals surface area contributed by atoms with Crippen molar-refractivity contribution in [1.82, 2.24) is 0 Å². The molecule has 0 atom stereocenters. The number of nitrogens with one attached hydrogen (secondary N) is 1. The van der Waals surface area contributed by atoms with E-state index in [1.54, 1.807) is 19.1 Å². The first-order chi connectivity index (χ1) is 7.54. The van der Waals surface area contributed by atoms with Crippen molar-refractivity contribution in [3.8, 4) is 5.75 Å². The number of anilines is 1. The molecule has 0 fully saturated rings. The Balaban J connectivity index is 2.73. The first-order valence-electron chi connectivity index (χ1n) is 4.81. The molecule has 0 spiro atoms. The molecule has 0 aromatic heterocycles. The minimum Gasteiger partial charge on any atom is -0.495 e. The van der Waals surface area contributed by atoms with Gasteiger partial charge in [0.1, 0.15) is 11.5 Å². The predicted octanol–water partition coefficient (Wildman–Crippen LogP) is 3.39. The third-order valence-corrected chi connectivity index (χ3v) is 2.64. The molecule has 0 unspecified atom stereocenters. The number of benzene rings is 1. The lowest BCUT2D eigenvalue weighted by Crippen LogP contribution is -2.06. The number of hydrogen-bond donors (Lipinski definition) is 1. The molecule has 1 aromatic rings. The van der Waals surface area contributed by atoms with E-state index in [1.807, 2.05) is 0 Å². The van der Waals surface area contributed by atoms with Gasteiger partial charge in [0.25, 0.3) is 0 Å². The Kier molecular flexibility index (Phi) is 4.90. The minimum atomic E-state index is 0.128. The summed E-state index contributed by atoms with van der Waals surface area (Å²) in [4.78, 5) is 10.8. The molecule has 0 saturated carbocycles. The SMILES string of the molecule is COc1cc(Cl)c(NCCC(C)=O)cc1Cl. The van der Waals surface area contributed by atoms with E-state index >= 15 is 0 Å². The number of carbonyl (C=O) groups is 1. The second-order valence-electron chi connectivity index (χ2n) is 3.35. The maximum atomic E-state index is 10.8. The number of carbonyl (C=O) groups excluding carboxylic acids is 1. The van der Waals surface area contributed by atoms with Crippen LogP contribution < -0.4 is 10.1 Å². The number of halogens is 2. The lowest BCUT2D eigenvalue weighted by molar-refractivity contribution is -0.116. The van der Waals surface area contributed by atoms with Gasteiger partial charge in [0.15, 0.2) is 0 Å². The Bertz CT molecular complexity index is 394. The van der Waals surface area contributed by atoms with Crippen molar-refractivity contribution in [1.29, 1.82) is 0 Å². The van der Waals surface area contributed by atoms with E-state index in [1.165, 1.54) is 7.11 Å². The zero-order chi connectivity index (χ0) is 12.1. The Morgan fingerprint density at radius 1 is 1.38 bits per heavy atom. The van der Waals surface area contributed by atoms with Crippen molar-refractivity contribution in [2.45, 2.75) is 13.3 Å². The van der Waals surface area contributed by atoms with Crippen LogP contribution in [0.15, 0.2) is 12.1 Å². The van der Waals surface area contributed by atoms with Gasteiger partial charge >= 0.3 is 0 Å². The van der Waals surface area contributed by atoms with E-state index in [9.17, 15) is 4.79 Å². The molecule has 0 amide bonds. The summed E-state index contributed by atoms with van der Waals surface area (Å²) in [5.74, 6) is 0.659. The van der Waals surface area contributed by atoms with Crippen molar-refractivity contribution in [2.75, 3.05) is 19.0 Å². The Morgan fingerprint density at radius 2 is 2.06 bits per heavy atom. The average molecular weight is 262 g/mol. The number of methoxy groups -OCH3 is 1. The first-order valence-corrected chi connectivity index (χ1v) is 5.56. The zero-order valence-electron chi connectivity index (χ0n) is 9.14. The largest absolute Gasteiger partial charge is 0.495 e. The van der Waals surface area contributed by atoms with E-state index in [0.29, 0.717) is 34.4 Å². The second-order valence-corrected chi connectivity index (χ2v) is 4.16. The summed E-state index contributed by atoms with van der Waals surface area (Å²) >= 11 is 12.0. The third-order valence-electron chi connectivity index (χ3n) is 2.03. The second kappa shape index (κ2) is 5.97. The average Bonchev–Trinajstić information content (AvgIpc) is 2.22. The number of ketones is 1.